The summed E-state index contributed by atoms with van der Waals surface area (Å²) in [6.07, 6.45) is 1.61. The van der Waals surface area contributed by atoms with Gasteiger partial charge in [-0.3, -0.25) is 14.5 Å². The standard InChI is InChI=1S/C25H26N4O3/c1-2-28(17-23-26-22-13-7-6-12-21(22)25(31)27-23)18-24(30)29(16-20-11-8-14-32-20)15-19-9-4-3-5-10-19/h3-14H,2,15-18H2,1H3,(H,26,27,31). The second-order valence-corrected chi connectivity index (χ2v) is 7.65. The van der Waals surface area contributed by atoms with E-state index in [2.05, 4.69) is 9.97 Å². The Labute approximate surface area is 186 Å². The largest absolute Gasteiger partial charge is 0.467 e. The normalized spacial score (nSPS) is 11.2. The average Bonchev–Trinajstić information content (AvgIpc) is 3.32. The maximum atomic E-state index is 13.3. The van der Waals surface area contributed by atoms with Crippen molar-refractivity contribution in [2.24, 2.45) is 0 Å². The van der Waals surface area contributed by atoms with E-state index in [1.807, 2.05) is 72.5 Å². The van der Waals surface area contributed by atoms with Gasteiger partial charge in [-0.15, -0.1) is 0 Å². The summed E-state index contributed by atoms with van der Waals surface area (Å²) < 4.78 is 5.48. The topological polar surface area (TPSA) is 82.4 Å². The van der Waals surface area contributed by atoms with Crippen molar-refractivity contribution >= 4 is 16.8 Å². The summed E-state index contributed by atoms with van der Waals surface area (Å²) >= 11 is 0. The lowest BCUT2D eigenvalue weighted by Gasteiger charge is -2.26. The fraction of sp³-hybridized carbons (Fsp3) is 0.240. The van der Waals surface area contributed by atoms with Gasteiger partial charge in [0.05, 0.1) is 36.8 Å². The molecule has 7 nitrogen and oxygen atoms in total. The molecule has 0 atom stereocenters. The molecule has 7 heteroatoms. The second kappa shape index (κ2) is 10.1. The number of aromatic nitrogens is 2. The molecule has 4 aromatic rings. The molecule has 0 saturated heterocycles. The predicted molar refractivity (Wildman–Crippen MR) is 123 cm³/mol. The van der Waals surface area contributed by atoms with E-state index in [1.165, 1.54) is 0 Å². The Morgan fingerprint density at radius 3 is 2.50 bits per heavy atom. The van der Waals surface area contributed by atoms with Gasteiger partial charge in [-0.2, -0.15) is 0 Å². The van der Waals surface area contributed by atoms with Crippen LogP contribution in [-0.4, -0.2) is 38.8 Å². The van der Waals surface area contributed by atoms with Crippen LogP contribution in [0.1, 0.15) is 24.1 Å². The SMILES string of the molecule is CCN(CC(=O)N(Cc1ccccc1)Cc1ccco1)Cc1nc2ccccc2c(=O)[nH]1. The molecule has 2 aromatic heterocycles. The number of carbonyl (C=O) groups is 1. The Morgan fingerprint density at radius 2 is 1.75 bits per heavy atom. The number of carbonyl (C=O) groups excluding carboxylic acids is 1. The smallest absolute Gasteiger partial charge is 0.258 e. The Balaban J connectivity index is 1.49. The Hall–Kier alpha value is -3.71. The first-order chi connectivity index (χ1) is 15.6. The monoisotopic (exact) mass is 430 g/mol. The van der Waals surface area contributed by atoms with Crippen LogP contribution in [-0.2, 0) is 24.4 Å². The predicted octanol–water partition coefficient (Wildman–Crippen LogP) is 3.57. The van der Waals surface area contributed by atoms with Gasteiger partial charge in [0.15, 0.2) is 0 Å². The Kier molecular flexibility index (Phi) is 6.77. The second-order valence-electron chi connectivity index (χ2n) is 7.65. The fourth-order valence-corrected chi connectivity index (χ4v) is 3.62. The van der Waals surface area contributed by atoms with Crippen molar-refractivity contribution in [3.05, 3.63) is 100 Å². The van der Waals surface area contributed by atoms with Crippen LogP contribution in [0.2, 0.25) is 0 Å². The number of rotatable bonds is 9. The van der Waals surface area contributed by atoms with Gasteiger partial charge >= 0.3 is 0 Å². The lowest BCUT2D eigenvalue weighted by Crippen LogP contribution is -2.40. The highest BCUT2D eigenvalue weighted by Crippen LogP contribution is 2.13. The van der Waals surface area contributed by atoms with Gasteiger partial charge in [-0.1, -0.05) is 49.4 Å². The summed E-state index contributed by atoms with van der Waals surface area (Å²) in [5, 5.41) is 0.558. The number of aromatic amines is 1. The molecule has 2 aromatic carbocycles. The molecule has 0 spiro atoms. The number of likely N-dealkylation sites (N-methyl/N-ethyl adjacent to an activating group) is 1. The van der Waals surface area contributed by atoms with Gasteiger partial charge in [-0.05, 0) is 36.4 Å². The average molecular weight is 431 g/mol. The van der Waals surface area contributed by atoms with E-state index in [-0.39, 0.29) is 18.0 Å². The summed E-state index contributed by atoms with van der Waals surface area (Å²) in [5.41, 5.74) is 1.53. The molecule has 0 aliphatic carbocycles. The molecule has 0 fully saturated rings. The number of furan rings is 1. The number of hydrogen-bond acceptors (Lipinski definition) is 5. The van der Waals surface area contributed by atoms with Crippen LogP contribution in [0.5, 0.6) is 0 Å². The van der Waals surface area contributed by atoms with E-state index in [1.54, 1.807) is 17.2 Å². The van der Waals surface area contributed by atoms with Crippen LogP contribution in [0.25, 0.3) is 10.9 Å². The van der Waals surface area contributed by atoms with Gasteiger partial charge in [0.2, 0.25) is 5.91 Å². The van der Waals surface area contributed by atoms with Crippen molar-refractivity contribution in [1.29, 1.82) is 0 Å². The van der Waals surface area contributed by atoms with Crippen LogP contribution in [0.15, 0.2) is 82.2 Å². The first kappa shape index (κ1) is 21.5. The number of benzene rings is 2. The number of nitrogens with one attached hydrogen (secondary N) is 1. The molecule has 4 rings (SSSR count). The molecule has 0 aliphatic heterocycles. The zero-order valence-electron chi connectivity index (χ0n) is 18.0. The summed E-state index contributed by atoms with van der Waals surface area (Å²) in [6.45, 7) is 4.10. The van der Waals surface area contributed by atoms with Gasteiger partial charge in [0.1, 0.15) is 11.6 Å². The first-order valence-electron chi connectivity index (χ1n) is 10.7. The maximum Gasteiger partial charge on any atom is 0.258 e. The summed E-state index contributed by atoms with van der Waals surface area (Å²) in [6, 6.07) is 20.8. The third-order valence-electron chi connectivity index (χ3n) is 5.34. The fourth-order valence-electron chi connectivity index (χ4n) is 3.62. The zero-order valence-corrected chi connectivity index (χ0v) is 18.0. The van der Waals surface area contributed by atoms with Crippen molar-refractivity contribution in [1.82, 2.24) is 19.8 Å². The molecule has 2 heterocycles. The number of amides is 1. The molecule has 32 heavy (non-hydrogen) atoms. The van der Waals surface area contributed by atoms with Crippen molar-refractivity contribution in [2.45, 2.75) is 26.6 Å². The van der Waals surface area contributed by atoms with E-state index in [9.17, 15) is 9.59 Å². The van der Waals surface area contributed by atoms with Crippen LogP contribution < -0.4 is 5.56 Å². The molecule has 164 valence electrons. The number of fused-ring (bicyclic) bond motifs is 1. The van der Waals surface area contributed by atoms with Crippen LogP contribution in [0, 0.1) is 0 Å². The Bertz CT molecular complexity index is 1220. The number of hydrogen-bond donors (Lipinski definition) is 1. The van der Waals surface area contributed by atoms with Crippen molar-refractivity contribution in [2.75, 3.05) is 13.1 Å². The van der Waals surface area contributed by atoms with Gasteiger partial charge in [-0.25, -0.2) is 4.98 Å². The highest BCUT2D eigenvalue weighted by molar-refractivity contribution is 5.78. The third kappa shape index (κ3) is 5.31. The zero-order chi connectivity index (χ0) is 22.3. The number of nitrogens with zero attached hydrogens (tertiary/aromatic N) is 3. The summed E-state index contributed by atoms with van der Waals surface area (Å²) in [7, 11) is 0. The maximum absolute atomic E-state index is 13.3. The van der Waals surface area contributed by atoms with Crippen molar-refractivity contribution in [3.8, 4) is 0 Å². The van der Waals surface area contributed by atoms with E-state index < -0.39 is 0 Å². The van der Waals surface area contributed by atoms with E-state index >= 15 is 0 Å². The van der Waals surface area contributed by atoms with E-state index in [0.717, 1.165) is 11.3 Å². The minimum Gasteiger partial charge on any atom is -0.467 e. The Morgan fingerprint density at radius 1 is 0.969 bits per heavy atom. The van der Waals surface area contributed by atoms with Crippen LogP contribution in [0.3, 0.4) is 0 Å². The van der Waals surface area contributed by atoms with Gasteiger partial charge in [0.25, 0.3) is 5.56 Å². The molecule has 0 bridgehead atoms. The molecule has 0 radical (unpaired) electrons. The first-order valence-corrected chi connectivity index (χ1v) is 10.7. The minimum absolute atomic E-state index is 0.0183. The highest BCUT2D eigenvalue weighted by Gasteiger charge is 2.19. The lowest BCUT2D eigenvalue weighted by molar-refractivity contribution is -0.134. The number of para-hydroxylation sites is 1. The number of H-pyrrole nitrogens is 1. The van der Waals surface area contributed by atoms with Gasteiger partial charge in [0, 0.05) is 6.54 Å². The third-order valence-corrected chi connectivity index (χ3v) is 5.34. The molecular weight excluding hydrogens is 404 g/mol. The van der Waals surface area contributed by atoms with Crippen molar-refractivity contribution < 1.29 is 9.21 Å². The lowest BCUT2D eigenvalue weighted by atomic mass is 10.2. The molecule has 0 unspecified atom stereocenters. The summed E-state index contributed by atoms with van der Waals surface area (Å²) in [4.78, 5) is 36.8. The molecule has 1 N–H and O–H groups in total. The quantitative estimate of drug-likeness (QED) is 0.439. The molecule has 0 aliphatic rings. The van der Waals surface area contributed by atoms with Crippen molar-refractivity contribution in [3.63, 3.8) is 0 Å². The molecular formula is C25H26N4O3. The van der Waals surface area contributed by atoms with Gasteiger partial charge < -0.3 is 14.3 Å². The minimum atomic E-state index is -0.170. The van der Waals surface area contributed by atoms with E-state index in [4.69, 9.17) is 4.42 Å². The van der Waals surface area contributed by atoms with Crippen LogP contribution >= 0.6 is 0 Å². The highest BCUT2D eigenvalue weighted by atomic mass is 16.3. The van der Waals surface area contributed by atoms with E-state index in [0.29, 0.717) is 42.9 Å². The summed E-state index contributed by atoms with van der Waals surface area (Å²) in [5.74, 6) is 1.26. The molecule has 1 amide bonds. The van der Waals surface area contributed by atoms with Crippen LogP contribution in [0.4, 0.5) is 0 Å². The molecule has 0 saturated carbocycles.